The molecule has 1 heterocycles. The third kappa shape index (κ3) is 3.87. The van der Waals surface area contributed by atoms with E-state index < -0.39 is 0 Å². The molecule has 0 saturated carbocycles. The van der Waals surface area contributed by atoms with Crippen molar-refractivity contribution in [1.82, 2.24) is 25.5 Å². The topological polar surface area (TPSA) is 55.6 Å². The van der Waals surface area contributed by atoms with Crippen molar-refractivity contribution in [3.63, 3.8) is 0 Å². The zero-order chi connectivity index (χ0) is 14.4. The Balaban J connectivity index is 2.08. The van der Waals surface area contributed by atoms with Crippen molar-refractivity contribution in [2.45, 2.75) is 39.7 Å². The predicted octanol–water partition coefficient (Wildman–Crippen LogP) is 2.23. The molecule has 0 fully saturated rings. The number of hydrogen-bond acceptors (Lipinski definition) is 4. The van der Waals surface area contributed by atoms with E-state index in [0.717, 1.165) is 30.9 Å². The Morgan fingerprint density at radius 1 is 1.20 bits per heavy atom. The summed E-state index contributed by atoms with van der Waals surface area (Å²) in [5, 5.41) is 15.6. The van der Waals surface area contributed by atoms with E-state index in [4.69, 9.17) is 0 Å². The number of para-hydroxylation sites is 1. The molecule has 0 spiro atoms. The van der Waals surface area contributed by atoms with Crippen LogP contribution >= 0.6 is 0 Å². The molecule has 2 rings (SSSR count). The van der Waals surface area contributed by atoms with Gasteiger partial charge in [-0.05, 0) is 35.0 Å². The summed E-state index contributed by atoms with van der Waals surface area (Å²) in [5.41, 5.74) is 1.01. The minimum atomic E-state index is 0.508. The smallest absolute Gasteiger partial charge is 0.157 e. The van der Waals surface area contributed by atoms with Gasteiger partial charge < -0.3 is 5.32 Å². The van der Waals surface area contributed by atoms with Gasteiger partial charge in [0.15, 0.2) is 5.82 Å². The number of benzene rings is 1. The summed E-state index contributed by atoms with van der Waals surface area (Å²) in [6.07, 6.45) is 2.00. The fraction of sp³-hybridized carbons (Fsp3) is 0.533. The van der Waals surface area contributed by atoms with Crippen molar-refractivity contribution in [3.8, 4) is 5.69 Å². The van der Waals surface area contributed by atoms with Gasteiger partial charge in [-0.3, -0.25) is 0 Å². The van der Waals surface area contributed by atoms with Gasteiger partial charge >= 0.3 is 0 Å². The fourth-order valence-corrected chi connectivity index (χ4v) is 2.12. The molecule has 1 N–H and O–H groups in total. The molecule has 2 aromatic rings. The Morgan fingerprint density at radius 2 is 1.95 bits per heavy atom. The Hall–Kier alpha value is -1.75. The van der Waals surface area contributed by atoms with Crippen LogP contribution in [0.4, 0.5) is 0 Å². The summed E-state index contributed by atoms with van der Waals surface area (Å²) in [4.78, 5) is 0. The van der Waals surface area contributed by atoms with Gasteiger partial charge in [-0.15, -0.1) is 5.10 Å². The summed E-state index contributed by atoms with van der Waals surface area (Å²) in [5.74, 6) is 1.47. The predicted molar refractivity (Wildman–Crippen MR) is 79.8 cm³/mol. The highest BCUT2D eigenvalue weighted by atomic mass is 15.5. The molecule has 0 radical (unpaired) electrons. The molecule has 0 aliphatic rings. The van der Waals surface area contributed by atoms with Gasteiger partial charge in [-0.2, -0.15) is 4.68 Å². The van der Waals surface area contributed by atoms with Crippen molar-refractivity contribution < 1.29 is 0 Å². The van der Waals surface area contributed by atoms with Gasteiger partial charge in [0.1, 0.15) is 0 Å². The highest BCUT2D eigenvalue weighted by Crippen LogP contribution is 2.13. The van der Waals surface area contributed by atoms with Crippen molar-refractivity contribution in [2.24, 2.45) is 5.92 Å². The first kappa shape index (κ1) is 14.7. The Bertz CT molecular complexity index is 506. The maximum Gasteiger partial charge on any atom is 0.157 e. The van der Waals surface area contributed by atoms with Crippen molar-refractivity contribution in [3.05, 3.63) is 36.2 Å². The monoisotopic (exact) mass is 273 g/mol. The number of hydrogen-bond donors (Lipinski definition) is 1. The summed E-state index contributed by atoms with van der Waals surface area (Å²) < 4.78 is 1.83. The second-order valence-electron chi connectivity index (χ2n) is 5.38. The molecule has 1 unspecified atom stereocenters. The van der Waals surface area contributed by atoms with Gasteiger partial charge in [-0.1, -0.05) is 45.4 Å². The molecule has 5 heteroatoms. The lowest BCUT2D eigenvalue weighted by molar-refractivity contribution is 0.426. The number of nitrogens with zero attached hydrogens (tertiary/aromatic N) is 4. The maximum absolute atomic E-state index is 4.18. The molecule has 0 aliphatic heterocycles. The summed E-state index contributed by atoms with van der Waals surface area (Å²) in [6, 6.07) is 10.5. The number of rotatable bonds is 7. The van der Waals surface area contributed by atoms with Crippen molar-refractivity contribution in [2.75, 3.05) is 6.54 Å². The van der Waals surface area contributed by atoms with Crippen LogP contribution in [0.3, 0.4) is 0 Å². The lowest BCUT2D eigenvalue weighted by Gasteiger charge is -2.17. The standard InChI is InChI=1S/C15H23N5/c1-4-13(11-16-12(2)3)10-15-17-18-19-20(15)14-8-6-5-7-9-14/h5-9,12-13,16H,4,10-11H2,1-3H3. The molecule has 20 heavy (non-hydrogen) atoms. The fourth-order valence-electron chi connectivity index (χ4n) is 2.12. The molecule has 5 nitrogen and oxygen atoms in total. The molecule has 108 valence electrons. The summed E-state index contributed by atoms with van der Waals surface area (Å²) >= 11 is 0. The van der Waals surface area contributed by atoms with Gasteiger partial charge in [-0.25, -0.2) is 0 Å². The zero-order valence-electron chi connectivity index (χ0n) is 12.5. The highest BCUT2D eigenvalue weighted by molar-refractivity contribution is 5.30. The molecule has 1 aromatic carbocycles. The quantitative estimate of drug-likeness (QED) is 0.840. The largest absolute Gasteiger partial charge is 0.314 e. The first-order chi connectivity index (χ1) is 9.70. The summed E-state index contributed by atoms with van der Waals surface area (Å²) in [6.45, 7) is 7.54. The van der Waals surface area contributed by atoms with E-state index in [2.05, 4.69) is 41.6 Å². The third-order valence-corrected chi connectivity index (χ3v) is 3.40. The van der Waals surface area contributed by atoms with Crippen LogP contribution in [0.25, 0.3) is 5.69 Å². The zero-order valence-corrected chi connectivity index (χ0v) is 12.5. The van der Waals surface area contributed by atoms with E-state index in [9.17, 15) is 0 Å². The van der Waals surface area contributed by atoms with Crippen LogP contribution < -0.4 is 5.32 Å². The van der Waals surface area contributed by atoms with Crippen LogP contribution in [0, 0.1) is 5.92 Å². The molecular formula is C15H23N5. The normalized spacial score (nSPS) is 12.8. The van der Waals surface area contributed by atoms with Crippen LogP contribution in [0.2, 0.25) is 0 Å². The van der Waals surface area contributed by atoms with E-state index in [1.54, 1.807) is 0 Å². The number of nitrogens with one attached hydrogen (secondary N) is 1. The van der Waals surface area contributed by atoms with E-state index >= 15 is 0 Å². The van der Waals surface area contributed by atoms with E-state index in [0.29, 0.717) is 12.0 Å². The van der Waals surface area contributed by atoms with Gasteiger partial charge in [0.2, 0.25) is 0 Å². The number of tetrazole rings is 1. The molecule has 1 atom stereocenters. The average Bonchev–Trinajstić information content (AvgIpc) is 2.92. The van der Waals surface area contributed by atoms with E-state index in [1.807, 2.05) is 35.0 Å². The highest BCUT2D eigenvalue weighted by Gasteiger charge is 2.14. The van der Waals surface area contributed by atoms with Gasteiger partial charge in [0.05, 0.1) is 5.69 Å². The molecule has 0 aliphatic carbocycles. The lowest BCUT2D eigenvalue weighted by atomic mass is 10.0. The van der Waals surface area contributed by atoms with Gasteiger partial charge in [0, 0.05) is 12.5 Å². The minimum Gasteiger partial charge on any atom is -0.314 e. The molecule has 1 aromatic heterocycles. The van der Waals surface area contributed by atoms with Crippen LogP contribution in [0.15, 0.2) is 30.3 Å². The van der Waals surface area contributed by atoms with Crippen LogP contribution in [0.5, 0.6) is 0 Å². The molecular weight excluding hydrogens is 250 g/mol. The molecule has 0 saturated heterocycles. The minimum absolute atomic E-state index is 0.508. The Kier molecular flexibility index (Phi) is 5.24. The average molecular weight is 273 g/mol. The first-order valence-corrected chi connectivity index (χ1v) is 7.26. The van der Waals surface area contributed by atoms with Crippen LogP contribution in [-0.2, 0) is 6.42 Å². The van der Waals surface area contributed by atoms with Crippen LogP contribution in [-0.4, -0.2) is 32.8 Å². The van der Waals surface area contributed by atoms with E-state index in [-0.39, 0.29) is 0 Å². The Morgan fingerprint density at radius 3 is 2.60 bits per heavy atom. The SMILES string of the molecule is CCC(CNC(C)C)Cc1nnnn1-c1ccccc1. The maximum atomic E-state index is 4.18. The number of aromatic nitrogens is 4. The van der Waals surface area contributed by atoms with Crippen molar-refractivity contribution >= 4 is 0 Å². The molecule has 0 amide bonds. The lowest BCUT2D eigenvalue weighted by Crippen LogP contribution is -2.30. The second kappa shape index (κ2) is 7.14. The third-order valence-electron chi connectivity index (χ3n) is 3.40. The Labute approximate surface area is 120 Å². The first-order valence-electron chi connectivity index (χ1n) is 7.26. The van der Waals surface area contributed by atoms with Crippen LogP contribution in [0.1, 0.15) is 33.0 Å². The van der Waals surface area contributed by atoms with E-state index in [1.165, 1.54) is 0 Å². The second-order valence-corrected chi connectivity index (χ2v) is 5.38. The van der Waals surface area contributed by atoms with Crippen molar-refractivity contribution in [1.29, 1.82) is 0 Å². The summed E-state index contributed by atoms with van der Waals surface area (Å²) in [7, 11) is 0. The van der Waals surface area contributed by atoms with Gasteiger partial charge in [0.25, 0.3) is 0 Å². The molecule has 0 bridgehead atoms.